The number of β-lactam (4-membered cyclic amide) rings is 1. The van der Waals surface area contributed by atoms with Gasteiger partial charge in [0.2, 0.25) is 5.91 Å². The fourth-order valence-electron chi connectivity index (χ4n) is 4.64. The average Bonchev–Trinajstić information content (AvgIpc) is 2.93. The molecule has 4 aromatic rings. The van der Waals surface area contributed by atoms with Gasteiger partial charge in [0.1, 0.15) is 11.8 Å². The number of aromatic nitrogens is 1. The number of carbonyl (C=O) groups excluding carboxylic acids is 1. The van der Waals surface area contributed by atoms with Crippen LogP contribution in [0.5, 0.6) is 5.75 Å². The summed E-state index contributed by atoms with van der Waals surface area (Å²) in [6.07, 6.45) is 3.56. The first kappa shape index (κ1) is 23.3. The predicted molar refractivity (Wildman–Crippen MR) is 139 cm³/mol. The summed E-state index contributed by atoms with van der Waals surface area (Å²) >= 11 is 0. The van der Waals surface area contributed by atoms with E-state index >= 15 is 0 Å². The number of nitriles is 1. The molecule has 1 aromatic heterocycles. The number of amides is 1. The first-order chi connectivity index (χ1) is 17.5. The van der Waals surface area contributed by atoms with Crippen LogP contribution in [0, 0.1) is 11.3 Å². The first-order valence-electron chi connectivity index (χ1n) is 11.9. The highest BCUT2D eigenvalue weighted by atomic mass is 16.3. The van der Waals surface area contributed by atoms with Gasteiger partial charge in [-0.25, -0.2) is 0 Å². The molecule has 3 aromatic carbocycles. The smallest absolute Gasteiger partial charge is 0.247 e. The Morgan fingerprint density at radius 1 is 1.00 bits per heavy atom. The number of hydrogen-bond donors (Lipinski definition) is 2. The van der Waals surface area contributed by atoms with Crippen LogP contribution in [0.4, 0.5) is 5.69 Å². The number of nitrogens with zero attached hydrogens (tertiary/aromatic N) is 3. The summed E-state index contributed by atoms with van der Waals surface area (Å²) in [6.45, 7) is 2.71. The molecule has 1 amide bonds. The summed E-state index contributed by atoms with van der Waals surface area (Å²) in [5.74, 6) is 0.365. The van der Waals surface area contributed by atoms with E-state index in [-0.39, 0.29) is 29.7 Å². The summed E-state index contributed by atoms with van der Waals surface area (Å²) in [7, 11) is 0. The topological polar surface area (TPSA) is 89.2 Å². The number of nitrogens with one attached hydrogen (secondary N) is 1. The Balaban J connectivity index is 1.36. The quantitative estimate of drug-likeness (QED) is 0.361. The van der Waals surface area contributed by atoms with Crippen LogP contribution >= 0.6 is 0 Å². The maximum atomic E-state index is 13.4. The van der Waals surface area contributed by atoms with Crippen molar-refractivity contribution in [3.05, 3.63) is 114 Å². The monoisotopic (exact) mass is 474 g/mol. The molecule has 0 aliphatic carbocycles. The lowest BCUT2D eigenvalue weighted by Gasteiger charge is -2.48. The number of phenolic OH excluding ortho intramolecular Hbond substituents is 1. The number of hydrogen-bond acceptors (Lipinski definition) is 5. The van der Waals surface area contributed by atoms with Crippen LogP contribution in [0.25, 0.3) is 11.1 Å². The maximum absolute atomic E-state index is 13.4. The van der Waals surface area contributed by atoms with Gasteiger partial charge in [0.05, 0.1) is 17.7 Å². The summed E-state index contributed by atoms with van der Waals surface area (Å²) in [4.78, 5) is 19.4. The molecule has 0 bridgehead atoms. The summed E-state index contributed by atoms with van der Waals surface area (Å²) < 4.78 is 0. The zero-order valence-electron chi connectivity index (χ0n) is 19.9. The van der Waals surface area contributed by atoms with Crippen LogP contribution in [0.15, 0.2) is 97.3 Å². The Bertz CT molecular complexity index is 1380. The van der Waals surface area contributed by atoms with E-state index in [0.29, 0.717) is 12.1 Å². The highest BCUT2D eigenvalue weighted by Gasteiger charge is 2.48. The van der Waals surface area contributed by atoms with Crippen molar-refractivity contribution in [3.8, 4) is 22.9 Å². The Morgan fingerprint density at radius 3 is 2.36 bits per heavy atom. The second-order valence-corrected chi connectivity index (χ2v) is 9.05. The number of aromatic hydroxyl groups is 1. The highest BCUT2D eigenvalue weighted by molar-refractivity contribution is 6.06. The van der Waals surface area contributed by atoms with E-state index in [2.05, 4.69) is 23.3 Å². The second-order valence-electron chi connectivity index (χ2n) is 9.05. The number of anilines is 1. The molecule has 6 nitrogen and oxygen atoms in total. The van der Waals surface area contributed by atoms with Crippen LogP contribution in [0.2, 0.25) is 0 Å². The van der Waals surface area contributed by atoms with Crippen molar-refractivity contribution in [3.63, 3.8) is 0 Å². The molecule has 36 heavy (non-hydrogen) atoms. The highest BCUT2D eigenvalue weighted by Crippen LogP contribution is 2.40. The van der Waals surface area contributed by atoms with Gasteiger partial charge in [0, 0.05) is 24.6 Å². The molecule has 3 atom stereocenters. The zero-order valence-corrected chi connectivity index (χ0v) is 19.9. The lowest BCUT2D eigenvalue weighted by atomic mass is 9.86. The van der Waals surface area contributed by atoms with E-state index in [4.69, 9.17) is 5.26 Å². The molecule has 1 aliphatic heterocycles. The molecular formula is C30H26N4O2. The van der Waals surface area contributed by atoms with Crippen molar-refractivity contribution in [2.45, 2.75) is 24.9 Å². The van der Waals surface area contributed by atoms with Crippen molar-refractivity contribution in [1.29, 1.82) is 5.26 Å². The molecule has 0 radical (unpaired) electrons. The van der Waals surface area contributed by atoms with Crippen LogP contribution in [0.3, 0.4) is 0 Å². The van der Waals surface area contributed by atoms with E-state index < -0.39 is 0 Å². The van der Waals surface area contributed by atoms with Gasteiger partial charge in [-0.1, -0.05) is 49.4 Å². The summed E-state index contributed by atoms with van der Waals surface area (Å²) in [6, 6.07) is 28.0. The Morgan fingerprint density at radius 2 is 1.72 bits per heavy atom. The van der Waals surface area contributed by atoms with Gasteiger partial charge in [0.15, 0.2) is 0 Å². The second kappa shape index (κ2) is 10.0. The minimum absolute atomic E-state index is 0.00855. The number of pyridine rings is 1. The molecule has 2 unspecified atom stereocenters. The molecule has 6 heteroatoms. The average molecular weight is 475 g/mol. The third kappa shape index (κ3) is 4.57. The minimum atomic E-state index is -0.381. The van der Waals surface area contributed by atoms with Crippen LogP contribution in [0.1, 0.15) is 35.6 Å². The van der Waals surface area contributed by atoms with Crippen molar-refractivity contribution in [1.82, 2.24) is 10.3 Å². The third-order valence-corrected chi connectivity index (χ3v) is 6.73. The summed E-state index contributed by atoms with van der Waals surface area (Å²) in [5, 5.41) is 22.3. The van der Waals surface area contributed by atoms with Crippen LogP contribution in [-0.4, -0.2) is 28.6 Å². The Labute approximate surface area is 210 Å². The number of phenols is 1. The largest absolute Gasteiger partial charge is 0.508 e. The van der Waals surface area contributed by atoms with Gasteiger partial charge in [-0.3, -0.25) is 9.78 Å². The van der Waals surface area contributed by atoms with Gasteiger partial charge >= 0.3 is 0 Å². The molecule has 0 saturated carbocycles. The molecule has 1 saturated heterocycles. The summed E-state index contributed by atoms with van der Waals surface area (Å²) in [5.41, 5.74) is 5.57. The van der Waals surface area contributed by atoms with E-state index in [1.807, 2.05) is 83.9 Å². The number of carbonyl (C=O) groups is 1. The predicted octanol–water partition coefficient (Wildman–Crippen LogP) is 5.18. The first-order valence-corrected chi connectivity index (χ1v) is 11.9. The fourth-order valence-corrected chi connectivity index (χ4v) is 4.64. The van der Waals surface area contributed by atoms with Gasteiger partial charge < -0.3 is 15.3 Å². The molecule has 1 aliphatic rings. The maximum Gasteiger partial charge on any atom is 0.247 e. The zero-order chi connectivity index (χ0) is 25.1. The van der Waals surface area contributed by atoms with E-state index in [0.717, 1.165) is 27.9 Å². The van der Waals surface area contributed by atoms with Crippen LogP contribution < -0.4 is 10.2 Å². The van der Waals surface area contributed by atoms with E-state index in [1.54, 1.807) is 18.3 Å². The third-order valence-electron chi connectivity index (χ3n) is 6.73. The molecule has 0 spiro atoms. The van der Waals surface area contributed by atoms with E-state index in [9.17, 15) is 9.90 Å². The van der Waals surface area contributed by atoms with E-state index in [1.165, 1.54) is 0 Å². The standard InChI is InChI=1S/C30H26N4O2/c1-20(22-6-4-21(17-31)5-7-22)18-33-28-29(24-10-14-27(35)15-11-24)34(30(28)36)26-12-8-23(9-13-26)25-3-2-16-32-19-25/h2-16,19-20,28-29,33,35H,18H2,1H3/t20?,28-,29?/m1/s1. The van der Waals surface area contributed by atoms with Gasteiger partial charge in [-0.15, -0.1) is 0 Å². The molecule has 2 N–H and O–H groups in total. The lowest BCUT2D eigenvalue weighted by molar-refractivity contribution is -0.127. The van der Waals surface area contributed by atoms with Crippen LogP contribution in [-0.2, 0) is 4.79 Å². The minimum Gasteiger partial charge on any atom is -0.508 e. The van der Waals surface area contributed by atoms with Crippen molar-refractivity contribution < 1.29 is 9.90 Å². The number of rotatable bonds is 7. The van der Waals surface area contributed by atoms with Gasteiger partial charge in [-0.2, -0.15) is 5.26 Å². The normalized spacial score (nSPS) is 17.8. The molecule has 1 fully saturated rings. The van der Waals surface area contributed by atoms with Crippen molar-refractivity contribution >= 4 is 11.6 Å². The molecule has 2 heterocycles. The SMILES string of the molecule is CC(CN[C@H]1C(=O)N(c2ccc(-c3cccnc3)cc2)C1c1ccc(O)cc1)c1ccc(C#N)cc1. The lowest BCUT2D eigenvalue weighted by Crippen LogP contribution is -2.65. The van der Waals surface area contributed by atoms with Crippen molar-refractivity contribution in [2.75, 3.05) is 11.4 Å². The van der Waals surface area contributed by atoms with Crippen molar-refractivity contribution in [2.24, 2.45) is 0 Å². The molecule has 178 valence electrons. The Kier molecular flexibility index (Phi) is 6.48. The van der Waals surface area contributed by atoms with Gasteiger partial charge in [-0.05, 0) is 70.6 Å². The van der Waals surface area contributed by atoms with Gasteiger partial charge in [0.25, 0.3) is 0 Å². The fraction of sp³-hybridized carbons (Fsp3) is 0.167. The molecule has 5 rings (SSSR count). The molecular weight excluding hydrogens is 448 g/mol. The Hall–Kier alpha value is -4.47. The number of benzene rings is 3.